The van der Waals surface area contributed by atoms with E-state index in [0.717, 1.165) is 5.56 Å². The van der Waals surface area contributed by atoms with Gasteiger partial charge in [0.2, 0.25) is 5.91 Å². The van der Waals surface area contributed by atoms with Crippen molar-refractivity contribution in [2.75, 3.05) is 13.7 Å². The maximum absolute atomic E-state index is 13.8. The van der Waals surface area contributed by atoms with Crippen molar-refractivity contribution < 1.29 is 9.53 Å². The highest BCUT2D eigenvalue weighted by atomic mass is 35.5. The van der Waals surface area contributed by atoms with E-state index in [2.05, 4.69) is 13.8 Å². The third-order valence-electron chi connectivity index (χ3n) is 6.38. The molecule has 1 amide bonds. The second kappa shape index (κ2) is 11.6. The van der Waals surface area contributed by atoms with Crippen LogP contribution in [0.15, 0.2) is 77.6 Å². The number of halogens is 1. The number of aromatic nitrogens is 2. The Hall–Kier alpha value is -3.64. The monoisotopic (exact) mass is 517 g/mol. The zero-order valence-electron chi connectivity index (χ0n) is 21.6. The molecule has 0 saturated carbocycles. The molecule has 0 aliphatic rings. The van der Waals surface area contributed by atoms with Gasteiger partial charge in [0.15, 0.2) is 0 Å². The molecule has 0 saturated heterocycles. The van der Waals surface area contributed by atoms with Gasteiger partial charge in [0.25, 0.3) is 5.56 Å². The summed E-state index contributed by atoms with van der Waals surface area (Å²) >= 11 is 6.25. The molecule has 1 heterocycles. The third-order valence-corrected chi connectivity index (χ3v) is 6.62. The van der Waals surface area contributed by atoms with E-state index >= 15 is 0 Å². The molecule has 6 nitrogen and oxygen atoms in total. The van der Waals surface area contributed by atoms with E-state index in [1.165, 1.54) is 0 Å². The topological polar surface area (TPSA) is 64.4 Å². The van der Waals surface area contributed by atoms with Crippen LogP contribution in [0, 0.1) is 5.92 Å². The molecular weight excluding hydrogens is 486 g/mol. The van der Waals surface area contributed by atoms with Crippen molar-refractivity contribution in [2.24, 2.45) is 5.92 Å². The average Bonchev–Trinajstić information content (AvgIpc) is 2.90. The molecule has 0 aliphatic heterocycles. The number of fused-ring (bicyclic) bond motifs is 1. The third kappa shape index (κ3) is 6.03. The molecule has 4 rings (SSSR count). The Morgan fingerprint density at radius 1 is 1.03 bits per heavy atom. The molecule has 1 unspecified atom stereocenters. The lowest BCUT2D eigenvalue weighted by Crippen LogP contribution is -2.39. The van der Waals surface area contributed by atoms with Gasteiger partial charge in [-0.05, 0) is 67.3 Å². The summed E-state index contributed by atoms with van der Waals surface area (Å²) in [5.41, 5.74) is 2.06. The maximum atomic E-state index is 13.8. The Balaban J connectivity index is 1.80. The summed E-state index contributed by atoms with van der Waals surface area (Å²) in [5.74, 6) is 1.43. The molecule has 0 bridgehead atoms. The van der Waals surface area contributed by atoms with Gasteiger partial charge in [-0.3, -0.25) is 14.2 Å². The molecular formula is C30H32ClN3O3. The lowest BCUT2D eigenvalue weighted by atomic mass is 10.1. The highest BCUT2D eigenvalue weighted by Crippen LogP contribution is 2.26. The molecule has 3 aromatic carbocycles. The van der Waals surface area contributed by atoms with E-state index in [1.807, 2.05) is 54.3 Å². The molecule has 0 N–H and O–H groups in total. The first-order valence-electron chi connectivity index (χ1n) is 12.5. The molecule has 0 aliphatic carbocycles. The Bertz CT molecular complexity index is 1430. The summed E-state index contributed by atoms with van der Waals surface area (Å²) in [5, 5.41) is 0.958. The van der Waals surface area contributed by atoms with Gasteiger partial charge in [0, 0.05) is 18.0 Å². The van der Waals surface area contributed by atoms with Crippen LogP contribution < -0.4 is 10.3 Å². The number of aryl methyl sites for hydroxylation is 1. The van der Waals surface area contributed by atoms with Gasteiger partial charge >= 0.3 is 0 Å². The van der Waals surface area contributed by atoms with Crippen molar-refractivity contribution >= 4 is 28.4 Å². The Kier molecular flexibility index (Phi) is 8.29. The molecule has 0 spiro atoms. The van der Waals surface area contributed by atoms with E-state index in [1.54, 1.807) is 42.0 Å². The number of hydrogen-bond acceptors (Lipinski definition) is 4. The van der Waals surface area contributed by atoms with E-state index in [-0.39, 0.29) is 17.4 Å². The minimum absolute atomic E-state index is 0.0202. The van der Waals surface area contributed by atoms with Crippen molar-refractivity contribution in [1.82, 2.24) is 14.5 Å². The van der Waals surface area contributed by atoms with Gasteiger partial charge in [-0.1, -0.05) is 55.8 Å². The first-order chi connectivity index (χ1) is 17.8. The number of hydrogen-bond donors (Lipinski definition) is 0. The second-order valence-corrected chi connectivity index (χ2v) is 10.0. The van der Waals surface area contributed by atoms with Crippen LogP contribution >= 0.6 is 11.6 Å². The standard InChI is InChI=1S/C30H32ClN3O3/c1-20(2)19-33(28(35)17-10-22-8-6-5-7-9-22)21(3)29-32-27-18-23(31)11-16-26(27)30(36)34(29)24-12-14-25(37-4)15-13-24/h5-9,11-16,18,20-21H,10,17,19H2,1-4H3. The van der Waals surface area contributed by atoms with Crippen LogP contribution in [0.2, 0.25) is 5.02 Å². The number of ether oxygens (including phenoxy) is 1. The zero-order valence-corrected chi connectivity index (χ0v) is 22.4. The van der Waals surface area contributed by atoms with Crippen molar-refractivity contribution in [1.29, 1.82) is 0 Å². The first-order valence-corrected chi connectivity index (χ1v) is 12.9. The van der Waals surface area contributed by atoms with Crippen LogP contribution in [0.25, 0.3) is 16.6 Å². The van der Waals surface area contributed by atoms with Crippen molar-refractivity contribution in [3.63, 3.8) is 0 Å². The van der Waals surface area contributed by atoms with Crippen LogP contribution in [0.1, 0.15) is 44.6 Å². The maximum Gasteiger partial charge on any atom is 0.266 e. The summed E-state index contributed by atoms with van der Waals surface area (Å²) in [4.78, 5) is 34.1. The number of methoxy groups -OCH3 is 1. The number of carbonyl (C=O) groups is 1. The van der Waals surface area contributed by atoms with Crippen LogP contribution in [-0.2, 0) is 11.2 Å². The highest BCUT2D eigenvalue weighted by Gasteiger charge is 2.27. The van der Waals surface area contributed by atoms with Crippen LogP contribution in [0.4, 0.5) is 0 Å². The minimum Gasteiger partial charge on any atom is -0.497 e. The van der Waals surface area contributed by atoms with E-state index in [9.17, 15) is 9.59 Å². The Morgan fingerprint density at radius 3 is 2.38 bits per heavy atom. The SMILES string of the molecule is COc1ccc(-n2c(C(C)N(CC(C)C)C(=O)CCc3ccccc3)nc3cc(Cl)ccc3c2=O)cc1. The molecule has 1 aromatic heterocycles. The number of benzene rings is 3. The van der Waals surface area contributed by atoms with E-state index < -0.39 is 6.04 Å². The van der Waals surface area contributed by atoms with Crippen molar-refractivity contribution in [2.45, 2.75) is 39.7 Å². The molecule has 1 atom stereocenters. The van der Waals surface area contributed by atoms with Crippen LogP contribution in [0.3, 0.4) is 0 Å². The molecule has 4 aromatic rings. The fourth-order valence-electron chi connectivity index (χ4n) is 4.49. The molecule has 0 fully saturated rings. The van der Waals surface area contributed by atoms with Crippen LogP contribution in [0.5, 0.6) is 5.75 Å². The van der Waals surface area contributed by atoms with Gasteiger partial charge in [-0.15, -0.1) is 0 Å². The summed E-state index contributed by atoms with van der Waals surface area (Å²) in [7, 11) is 1.60. The average molecular weight is 518 g/mol. The summed E-state index contributed by atoms with van der Waals surface area (Å²) in [6.45, 7) is 6.63. The highest BCUT2D eigenvalue weighted by molar-refractivity contribution is 6.31. The Labute approximate surface area is 222 Å². The second-order valence-electron chi connectivity index (χ2n) is 9.57. The quantitative estimate of drug-likeness (QED) is 0.264. The largest absolute Gasteiger partial charge is 0.497 e. The van der Waals surface area contributed by atoms with Crippen molar-refractivity contribution in [3.05, 3.63) is 99.6 Å². The predicted octanol–water partition coefficient (Wildman–Crippen LogP) is 6.23. The smallest absolute Gasteiger partial charge is 0.266 e. The van der Waals surface area contributed by atoms with E-state index in [4.69, 9.17) is 21.3 Å². The normalized spacial score (nSPS) is 12.1. The van der Waals surface area contributed by atoms with Gasteiger partial charge in [-0.2, -0.15) is 0 Å². The summed E-state index contributed by atoms with van der Waals surface area (Å²) < 4.78 is 6.90. The predicted molar refractivity (Wildman–Crippen MR) is 149 cm³/mol. The summed E-state index contributed by atoms with van der Waals surface area (Å²) in [6.07, 6.45) is 1.01. The number of carbonyl (C=O) groups excluding carboxylic acids is 1. The van der Waals surface area contributed by atoms with Gasteiger partial charge in [0.05, 0.1) is 29.7 Å². The lowest BCUT2D eigenvalue weighted by Gasteiger charge is -2.32. The molecule has 7 heteroatoms. The molecule has 0 radical (unpaired) electrons. The summed E-state index contributed by atoms with van der Waals surface area (Å²) in [6, 6.07) is 21.9. The van der Waals surface area contributed by atoms with Crippen molar-refractivity contribution in [3.8, 4) is 11.4 Å². The fraction of sp³-hybridized carbons (Fsp3) is 0.300. The number of rotatable bonds is 9. The van der Waals surface area contributed by atoms with Gasteiger partial charge in [-0.25, -0.2) is 4.98 Å². The van der Waals surface area contributed by atoms with Gasteiger partial charge in [0.1, 0.15) is 11.6 Å². The van der Waals surface area contributed by atoms with E-state index in [0.29, 0.717) is 52.6 Å². The number of amides is 1. The molecule has 192 valence electrons. The molecule has 37 heavy (non-hydrogen) atoms. The lowest BCUT2D eigenvalue weighted by molar-refractivity contribution is -0.134. The Morgan fingerprint density at radius 2 is 1.73 bits per heavy atom. The number of nitrogens with zero attached hydrogens (tertiary/aromatic N) is 3. The first kappa shape index (κ1) is 26.4. The van der Waals surface area contributed by atoms with Crippen LogP contribution in [-0.4, -0.2) is 34.0 Å². The van der Waals surface area contributed by atoms with Gasteiger partial charge < -0.3 is 9.64 Å². The minimum atomic E-state index is -0.455. The fourth-order valence-corrected chi connectivity index (χ4v) is 4.65. The zero-order chi connectivity index (χ0) is 26.5.